The van der Waals surface area contributed by atoms with Crippen LogP contribution in [0.1, 0.15) is 33.9 Å². The van der Waals surface area contributed by atoms with Crippen LogP contribution in [0.25, 0.3) is 11.0 Å². The summed E-state index contributed by atoms with van der Waals surface area (Å²) in [6.07, 6.45) is 2.56. The molecule has 160 valence electrons. The minimum Gasteiger partial charge on any atom is -0.494 e. The molecular weight excluding hydrogens is 406 g/mol. The standard InChI is InChI=1S/C25H27N3O2S/c1-19-8-4-9-20(18-19)30-16-7-15-28-22-11-3-2-10-21(22)27-24(28)13-5-14-26-25(29)23-12-6-17-31-23/h2-4,6,8-12,17-18H,5,7,13-16H2,1H3,(H,26,29). The minimum absolute atomic E-state index is 0.00296. The number of hydrogen-bond acceptors (Lipinski definition) is 4. The van der Waals surface area contributed by atoms with E-state index < -0.39 is 0 Å². The molecule has 6 heteroatoms. The van der Waals surface area contributed by atoms with Crippen molar-refractivity contribution in [3.63, 3.8) is 0 Å². The molecule has 2 heterocycles. The number of carbonyl (C=O) groups is 1. The highest BCUT2D eigenvalue weighted by molar-refractivity contribution is 7.12. The van der Waals surface area contributed by atoms with Gasteiger partial charge in [-0.25, -0.2) is 4.98 Å². The van der Waals surface area contributed by atoms with E-state index in [1.54, 1.807) is 0 Å². The van der Waals surface area contributed by atoms with Crippen molar-refractivity contribution in [2.45, 2.75) is 32.7 Å². The number of thiophene rings is 1. The van der Waals surface area contributed by atoms with Crippen LogP contribution in [-0.2, 0) is 13.0 Å². The lowest BCUT2D eigenvalue weighted by atomic mass is 10.2. The Balaban J connectivity index is 1.33. The Labute approximate surface area is 186 Å². The molecule has 0 spiro atoms. The molecule has 0 aliphatic heterocycles. The van der Waals surface area contributed by atoms with Crippen molar-refractivity contribution < 1.29 is 9.53 Å². The van der Waals surface area contributed by atoms with Crippen molar-refractivity contribution in [3.05, 3.63) is 82.3 Å². The van der Waals surface area contributed by atoms with Crippen LogP contribution in [0.3, 0.4) is 0 Å². The van der Waals surface area contributed by atoms with Crippen molar-refractivity contribution in [1.29, 1.82) is 0 Å². The van der Waals surface area contributed by atoms with Crippen molar-refractivity contribution in [3.8, 4) is 5.75 Å². The molecule has 0 radical (unpaired) electrons. The van der Waals surface area contributed by atoms with Gasteiger partial charge in [0.1, 0.15) is 11.6 Å². The number of rotatable bonds is 10. The Bertz CT molecular complexity index is 1130. The summed E-state index contributed by atoms with van der Waals surface area (Å²) >= 11 is 1.46. The normalized spacial score (nSPS) is 11.0. The zero-order valence-electron chi connectivity index (χ0n) is 17.7. The van der Waals surface area contributed by atoms with Crippen LogP contribution in [0.2, 0.25) is 0 Å². The number of imidazole rings is 1. The molecule has 0 bridgehead atoms. The first-order valence-electron chi connectivity index (χ1n) is 10.7. The van der Waals surface area contributed by atoms with Gasteiger partial charge in [-0.15, -0.1) is 11.3 Å². The Morgan fingerprint density at radius 3 is 2.84 bits per heavy atom. The van der Waals surface area contributed by atoms with E-state index in [9.17, 15) is 4.79 Å². The summed E-state index contributed by atoms with van der Waals surface area (Å²) in [6.45, 7) is 4.21. The van der Waals surface area contributed by atoms with Gasteiger partial charge in [-0.1, -0.05) is 30.3 Å². The molecule has 31 heavy (non-hydrogen) atoms. The maximum Gasteiger partial charge on any atom is 0.261 e. The van der Waals surface area contributed by atoms with Gasteiger partial charge in [0, 0.05) is 19.5 Å². The second kappa shape index (κ2) is 10.3. The zero-order valence-corrected chi connectivity index (χ0v) is 18.5. The molecule has 4 rings (SSSR count). The molecule has 0 saturated heterocycles. The van der Waals surface area contributed by atoms with E-state index in [1.807, 2.05) is 35.7 Å². The lowest BCUT2D eigenvalue weighted by molar-refractivity contribution is 0.0957. The van der Waals surface area contributed by atoms with E-state index >= 15 is 0 Å². The van der Waals surface area contributed by atoms with E-state index in [1.165, 1.54) is 16.9 Å². The molecule has 5 nitrogen and oxygen atoms in total. The van der Waals surface area contributed by atoms with Crippen LogP contribution in [0.15, 0.2) is 66.0 Å². The lowest BCUT2D eigenvalue weighted by Crippen LogP contribution is -2.24. The van der Waals surface area contributed by atoms with Gasteiger partial charge in [0.25, 0.3) is 5.91 Å². The SMILES string of the molecule is Cc1cccc(OCCCn2c(CCCNC(=O)c3cccs3)nc3ccccc32)c1. The molecule has 0 unspecified atom stereocenters. The van der Waals surface area contributed by atoms with Crippen LogP contribution >= 0.6 is 11.3 Å². The van der Waals surface area contributed by atoms with Crippen LogP contribution < -0.4 is 10.1 Å². The average Bonchev–Trinajstić information content (AvgIpc) is 3.43. The van der Waals surface area contributed by atoms with Gasteiger partial charge in [0.15, 0.2) is 0 Å². The van der Waals surface area contributed by atoms with Gasteiger partial charge < -0.3 is 14.6 Å². The fourth-order valence-corrected chi connectivity index (χ4v) is 4.27. The molecule has 0 aliphatic rings. The smallest absolute Gasteiger partial charge is 0.261 e. The number of amides is 1. The molecule has 2 aromatic carbocycles. The van der Waals surface area contributed by atoms with E-state index in [2.05, 4.69) is 47.1 Å². The van der Waals surface area contributed by atoms with E-state index in [4.69, 9.17) is 9.72 Å². The maximum absolute atomic E-state index is 12.1. The molecular formula is C25H27N3O2S. The Morgan fingerprint density at radius 2 is 2.00 bits per heavy atom. The number of aromatic nitrogens is 2. The number of carbonyl (C=O) groups excluding carboxylic acids is 1. The second-order valence-electron chi connectivity index (χ2n) is 7.52. The summed E-state index contributed by atoms with van der Waals surface area (Å²) in [7, 11) is 0. The number of aryl methyl sites for hydroxylation is 3. The molecule has 0 aliphatic carbocycles. The fourth-order valence-electron chi connectivity index (χ4n) is 3.63. The number of ether oxygens (including phenoxy) is 1. The lowest BCUT2D eigenvalue weighted by Gasteiger charge is -2.11. The highest BCUT2D eigenvalue weighted by Crippen LogP contribution is 2.18. The topological polar surface area (TPSA) is 56.1 Å². The Morgan fingerprint density at radius 1 is 1.10 bits per heavy atom. The summed E-state index contributed by atoms with van der Waals surface area (Å²) in [5.41, 5.74) is 3.36. The summed E-state index contributed by atoms with van der Waals surface area (Å²) in [6, 6.07) is 20.1. The Kier molecular flexibility index (Phi) is 6.99. The molecule has 1 amide bonds. The average molecular weight is 434 g/mol. The van der Waals surface area contributed by atoms with Crippen molar-refractivity contribution >= 4 is 28.3 Å². The predicted molar refractivity (Wildman–Crippen MR) is 126 cm³/mol. The molecule has 2 aromatic heterocycles. The van der Waals surface area contributed by atoms with Crippen molar-refractivity contribution in [2.75, 3.05) is 13.2 Å². The monoisotopic (exact) mass is 433 g/mol. The largest absolute Gasteiger partial charge is 0.494 e. The summed E-state index contributed by atoms with van der Waals surface area (Å²) in [4.78, 5) is 17.7. The Hall–Kier alpha value is -3.12. The third-order valence-corrected chi connectivity index (χ3v) is 5.99. The van der Waals surface area contributed by atoms with Crippen molar-refractivity contribution in [2.24, 2.45) is 0 Å². The molecule has 0 saturated carbocycles. The van der Waals surface area contributed by atoms with E-state index in [0.717, 1.165) is 53.3 Å². The molecule has 0 fully saturated rings. The number of para-hydroxylation sites is 2. The fraction of sp³-hybridized carbons (Fsp3) is 0.280. The first kappa shape index (κ1) is 21.1. The van der Waals surface area contributed by atoms with Gasteiger partial charge in [0.05, 0.1) is 22.5 Å². The number of fused-ring (bicyclic) bond motifs is 1. The first-order chi connectivity index (χ1) is 15.2. The maximum atomic E-state index is 12.1. The van der Waals surface area contributed by atoms with Crippen LogP contribution in [0.4, 0.5) is 0 Å². The van der Waals surface area contributed by atoms with Gasteiger partial charge in [0.2, 0.25) is 0 Å². The highest BCUT2D eigenvalue weighted by atomic mass is 32.1. The molecule has 4 aromatic rings. The summed E-state index contributed by atoms with van der Waals surface area (Å²) in [5, 5.41) is 4.91. The number of hydrogen-bond donors (Lipinski definition) is 1. The third-order valence-electron chi connectivity index (χ3n) is 5.13. The second-order valence-corrected chi connectivity index (χ2v) is 8.47. The third kappa shape index (κ3) is 5.52. The summed E-state index contributed by atoms with van der Waals surface area (Å²) in [5.74, 6) is 1.97. The first-order valence-corrected chi connectivity index (χ1v) is 11.5. The quantitative estimate of drug-likeness (QED) is 0.348. The van der Waals surface area contributed by atoms with Gasteiger partial charge in [-0.05, 0) is 61.0 Å². The number of nitrogens with one attached hydrogen (secondary N) is 1. The van der Waals surface area contributed by atoms with E-state index in [0.29, 0.717) is 13.2 Å². The van der Waals surface area contributed by atoms with E-state index in [-0.39, 0.29) is 5.91 Å². The molecule has 0 atom stereocenters. The van der Waals surface area contributed by atoms with Crippen LogP contribution in [0.5, 0.6) is 5.75 Å². The molecule has 1 N–H and O–H groups in total. The van der Waals surface area contributed by atoms with Gasteiger partial charge in [-0.3, -0.25) is 4.79 Å². The van der Waals surface area contributed by atoms with Crippen molar-refractivity contribution in [1.82, 2.24) is 14.9 Å². The van der Waals surface area contributed by atoms with Crippen LogP contribution in [-0.4, -0.2) is 28.6 Å². The van der Waals surface area contributed by atoms with Crippen LogP contribution in [0, 0.1) is 6.92 Å². The number of nitrogens with zero attached hydrogens (tertiary/aromatic N) is 2. The van der Waals surface area contributed by atoms with Gasteiger partial charge >= 0.3 is 0 Å². The summed E-state index contributed by atoms with van der Waals surface area (Å²) < 4.78 is 8.20. The zero-order chi connectivity index (χ0) is 21.5. The highest BCUT2D eigenvalue weighted by Gasteiger charge is 2.11. The van der Waals surface area contributed by atoms with Gasteiger partial charge in [-0.2, -0.15) is 0 Å². The predicted octanol–water partition coefficient (Wildman–Crippen LogP) is 5.24. The number of benzene rings is 2. The minimum atomic E-state index is -0.00296.